The Morgan fingerprint density at radius 2 is 1.82 bits per heavy atom. The minimum Gasteiger partial charge on any atom is -1.00 e. The van der Waals surface area contributed by atoms with Gasteiger partial charge in [-0.1, -0.05) is 24.4 Å². The van der Waals surface area contributed by atoms with E-state index in [-0.39, 0.29) is 52.8 Å². The quantitative estimate of drug-likeness (QED) is 0.276. The van der Waals surface area contributed by atoms with Gasteiger partial charge in [0.25, 0.3) is 0 Å². The molecule has 11 heavy (non-hydrogen) atoms. The predicted octanol–water partition coefficient (Wildman–Crippen LogP) is -1.01. The Morgan fingerprint density at radius 1 is 1.45 bits per heavy atom. The molecule has 0 aliphatic carbocycles. The molecule has 0 aliphatic heterocycles. The minimum absolute atomic E-state index is 0. The third kappa shape index (κ3) is 7.71. The van der Waals surface area contributed by atoms with Crippen LogP contribution in [0, 0.1) is 0 Å². The molecule has 0 saturated carbocycles. The van der Waals surface area contributed by atoms with Crippen molar-refractivity contribution in [1.29, 1.82) is 0 Å². The van der Waals surface area contributed by atoms with Crippen molar-refractivity contribution in [2.75, 3.05) is 13.1 Å². The molecule has 0 aromatic heterocycles. The van der Waals surface area contributed by atoms with Crippen molar-refractivity contribution in [2.45, 2.75) is 0 Å². The summed E-state index contributed by atoms with van der Waals surface area (Å²) in [6, 6.07) is 0. The van der Waals surface area contributed by atoms with Gasteiger partial charge in [0.05, 0.1) is 0 Å². The smallest absolute Gasteiger partial charge is 1.00 e. The van der Waals surface area contributed by atoms with Gasteiger partial charge >= 0.3 is 51.4 Å². The Kier molecular flexibility index (Phi) is 12.8. The molecule has 0 aromatic carbocycles. The van der Waals surface area contributed by atoms with Crippen LogP contribution in [0.4, 0.5) is 0 Å². The molecule has 0 bridgehead atoms. The molecular formula is C7H12KNS2. The summed E-state index contributed by atoms with van der Waals surface area (Å²) in [6.07, 6.45) is 3.57. The minimum atomic E-state index is 0. The Morgan fingerprint density at radius 3 is 2.00 bits per heavy atom. The summed E-state index contributed by atoms with van der Waals surface area (Å²) in [6.45, 7) is 8.65. The van der Waals surface area contributed by atoms with Crippen molar-refractivity contribution in [3.8, 4) is 0 Å². The zero-order chi connectivity index (χ0) is 7.98. The first-order valence-corrected chi connectivity index (χ1v) is 3.77. The van der Waals surface area contributed by atoms with Gasteiger partial charge in [-0.25, -0.2) is 0 Å². The normalized spacial score (nSPS) is 7.73. The van der Waals surface area contributed by atoms with Crippen LogP contribution in [0.15, 0.2) is 25.3 Å². The molecule has 0 fully saturated rings. The molecular weight excluding hydrogens is 201 g/mol. The van der Waals surface area contributed by atoms with E-state index in [4.69, 9.17) is 12.2 Å². The molecule has 0 N–H and O–H groups in total. The maximum Gasteiger partial charge on any atom is 1.00 e. The van der Waals surface area contributed by atoms with Gasteiger partial charge in [0.2, 0.25) is 0 Å². The molecule has 0 aromatic rings. The zero-order valence-corrected chi connectivity index (χ0v) is 11.6. The van der Waals surface area contributed by atoms with Gasteiger partial charge in [-0.3, -0.25) is 0 Å². The maximum absolute atomic E-state index is 4.84. The van der Waals surface area contributed by atoms with Crippen molar-refractivity contribution in [2.24, 2.45) is 0 Å². The van der Waals surface area contributed by atoms with Gasteiger partial charge in [0.15, 0.2) is 0 Å². The van der Waals surface area contributed by atoms with Crippen LogP contribution in [-0.2, 0) is 0 Å². The van der Waals surface area contributed by atoms with Crippen LogP contribution in [0.3, 0.4) is 0 Å². The summed E-state index contributed by atoms with van der Waals surface area (Å²) in [7, 11) is 0. The van der Waals surface area contributed by atoms with Crippen molar-refractivity contribution in [1.82, 2.24) is 4.90 Å². The van der Waals surface area contributed by atoms with E-state index in [0.717, 1.165) is 13.1 Å². The molecule has 0 aliphatic rings. The molecule has 1 nitrogen and oxygen atoms in total. The van der Waals surface area contributed by atoms with Crippen LogP contribution in [0.5, 0.6) is 0 Å². The number of rotatable bonds is 4. The molecule has 0 spiro atoms. The summed E-state index contributed by atoms with van der Waals surface area (Å²) in [5, 5.41) is 0. The first-order valence-electron chi connectivity index (χ1n) is 2.92. The van der Waals surface area contributed by atoms with Crippen molar-refractivity contribution in [3.05, 3.63) is 25.3 Å². The van der Waals surface area contributed by atoms with E-state index in [2.05, 4.69) is 25.8 Å². The summed E-state index contributed by atoms with van der Waals surface area (Å²) >= 11 is 8.87. The van der Waals surface area contributed by atoms with E-state index in [1.807, 2.05) is 4.90 Å². The van der Waals surface area contributed by atoms with Crippen LogP contribution >= 0.6 is 24.8 Å². The maximum atomic E-state index is 4.84. The average molecular weight is 213 g/mol. The first-order chi connectivity index (χ1) is 4.72. The fraction of sp³-hybridized carbons (Fsp3) is 0.286. The second kappa shape index (κ2) is 9.44. The fourth-order valence-corrected chi connectivity index (χ4v) is 0.855. The molecule has 0 atom stereocenters. The fourth-order valence-electron chi connectivity index (χ4n) is 0.542. The summed E-state index contributed by atoms with van der Waals surface area (Å²) in [5.41, 5.74) is 0. The van der Waals surface area contributed by atoms with Crippen LogP contribution in [0.1, 0.15) is 1.43 Å². The second-order valence-electron chi connectivity index (χ2n) is 1.76. The molecule has 0 rings (SSSR count). The molecule has 0 heterocycles. The van der Waals surface area contributed by atoms with Crippen molar-refractivity contribution < 1.29 is 52.8 Å². The average Bonchev–Trinajstić information content (AvgIpc) is 1.87. The van der Waals surface area contributed by atoms with Crippen LogP contribution in [0.25, 0.3) is 0 Å². The third-order valence-corrected chi connectivity index (χ3v) is 1.51. The van der Waals surface area contributed by atoms with E-state index < -0.39 is 0 Å². The van der Waals surface area contributed by atoms with E-state index in [1.54, 1.807) is 12.2 Å². The van der Waals surface area contributed by atoms with E-state index >= 15 is 0 Å². The number of thiol groups is 1. The second-order valence-corrected chi connectivity index (χ2v) is 2.88. The molecule has 0 saturated heterocycles. The zero-order valence-electron chi connectivity index (χ0n) is 7.79. The number of hydrogen-bond donors (Lipinski definition) is 1. The molecule has 58 valence electrons. The Balaban J connectivity index is -0.000000405. The van der Waals surface area contributed by atoms with Crippen molar-refractivity contribution >= 4 is 29.2 Å². The third-order valence-electron chi connectivity index (χ3n) is 0.969. The largest absolute Gasteiger partial charge is 1.00 e. The van der Waals surface area contributed by atoms with E-state index in [1.165, 1.54) is 0 Å². The van der Waals surface area contributed by atoms with E-state index in [0.29, 0.717) is 4.32 Å². The van der Waals surface area contributed by atoms with Crippen LogP contribution in [0.2, 0.25) is 0 Å². The standard InChI is InChI=1S/C7H11NS2.K.H/c1-3-5-8(6-4-2)7(9)10;;/h3-4H,1-2,5-6H2,(H,9,10);;/q;+1;-1. The number of hydrogen-bond acceptors (Lipinski definition) is 1. The molecule has 0 radical (unpaired) electrons. The van der Waals surface area contributed by atoms with Gasteiger partial charge < -0.3 is 6.33 Å². The Labute approximate surface area is 123 Å². The molecule has 0 unspecified atom stereocenters. The van der Waals surface area contributed by atoms with Gasteiger partial charge in [-0.05, 0) is 0 Å². The molecule has 0 amide bonds. The summed E-state index contributed by atoms with van der Waals surface area (Å²) in [4.78, 5) is 1.89. The Hall–Kier alpha value is 1.36. The SMILES string of the molecule is C=CCN(CC=C)C(=S)S.[H-].[K+]. The van der Waals surface area contributed by atoms with Crippen LogP contribution in [-0.4, -0.2) is 22.3 Å². The van der Waals surface area contributed by atoms with Gasteiger partial charge in [0.1, 0.15) is 4.32 Å². The number of thiocarbonyl (C=S) groups is 1. The van der Waals surface area contributed by atoms with E-state index in [9.17, 15) is 0 Å². The Bertz CT molecular complexity index is 142. The first kappa shape index (κ1) is 14.9. The van der Waals surface area contributed by atoms with Gasteiger partial charge in [-0.15, -0.1) is 25.8 Å². The van der Waals surface area contributed by atoms with Crippen LogP contribution < -0.4 is 51.4 Å². The monoisotopic (exact) mass is 213 g/mol. The van der Waals surface area contributed by atoms with Crippen molar-refractivity contribution in [3.63, 3.8) is 0 Å². The summed E-state index contributed by atoms with van der Waals surface area (Å²) in [5.74, 6) is 0. The molecule has 4 heteroatoms. The van der Waals surface area contributed by atoms with Gasteiger partial charge in [0, 0.05) is 13.1 Å². The summed E-state index contributed by atoms with van der Waals surface area (Å²) < 4.78 is 0.583. The topological polar surface area (TPSA) is 3.24 Å². The predicted molar refractivity (Wildman–Crippen MR) is 54.7 cm³/mol. The van der Waals surface area contributed by atoms with Gasteiger partial charge in [-0.2, -0.15) is 0 Å². The number of nitrogens with zero attached hydrogens (tertiary/aromatic N) is 1.